The summed E-state index contributed by atoms with van der Waals surface area (Å²) in [6.07, 6.45) is 0. The molecule has 4 aromatic rings. The first-order valence-corrected chi connectivity index (χ1v) is 7.03. The van der Waals surface area contributed by atoms with E-state index >= 15 is 0 Å². The Hall–Kier alpha value is -3.02. The minimum atomic E-state index is 0.610. The van der Waals surface area contributed by atoms with Crippen LogP contribution < -0.4 is 5.32 Å². The highest BCUT2D eigenvalue weighted by Gasteiger charge is 2.11. The predicted octanol–water partition coefficient (Wildman–Crippen LogP) is 3.03. The van der Waals surface area contributed by atoms with Crippen LogP contribution in [0.1, 0.15) is 11.1 Å². The van der Waals surface area contributed by atoms with Gasteiger partial charge in [-0.1, -0.05) is 23.8 Å². The number of tetrazole rings is 1. The van der Waals surface area contributed by atoms with Gasteiger partial charge in [-0.25, -0.2) is 4.98 Å². The van der Waals surface area contributed by atoms with Gasteiger partial charge >= 0.3 is 0 Å². The summed E-state index contributed by atoms with van der Waals surface area (Å²) >= 11 is 0. The molecule has 0 bridgehead atoms. The summed E-state index contributed by atoms with van der Waals surface area (Å²) < 4.78 is 1.71. The Bertz CT molecular complexity index is 971. The molecule has 6 nitrogen and oxygen atoms in total. The standard InChI is InChI=1S/C16H14N6/c1-10-3-6-12(7-4-10)17-15-16-19-20-21-22(16)14-9-11(2)5-8-13(14)18-15/h3-9H,1-2H3,(H,17,18). The van der Waals surface area contributed by atoms with Gasteiger partial charge in [-0.15, -0.1) is 5.10 Å². The van der Waals surface area contributed by atoms with Gasteiger partial charge in [-0.3, -0.25) is 0 Å². The molecule has 2 aromatic heterocycles. The van der Waals surface area contributed by atoms with Crippen LogP contribution in [0.4, 0.5) is 11.5 Å². The molecule has 0 aliphatic heterocycles. The van der Waals surface area contributed by atoms with E-state index in [2.05, 4.69) is 32.7 Å². The molecule has 0 amide bonds. The molecule has 2 aromatic carbocycles. The first-order chi connectivity index (χ1) is 10.7. The van der Waals surface area contributed by atoms with Crippen LogP contribution in [-0.4, -0.2) is 25.0 Å². The average Bonchev–Trinajstić information content (AvgIpc) is 3.00. The third-order valence-corrected chi connectivity index (χ3v) is 3.59. The highest BCUT2D eigenvalue weighted by Crippen LogP contribution is 2.23. The van der Waals surface area contributed by atoms with Gasteiger partial charge in [0.1, 0.15) is 0 Å². The van der Waals surface area contributed by atoms with Gasteiger partial charge in [-0.05, 0) is 54.1 Å². The van der Waals surface area contributed by atoms with Gasteiger partial charge in [-0.2, -0.15) is 4.52 Å². The molecule has 0 spiro atoms. The van der Waals surface area contributed by atoms with E-state index in [0.29, 0.717) is 11.5 Å². The lowest BCUT2D eigenvalue weighted by molar-refractivity contribution is 0.840. The van der Waals surface area contributed by atoms with Crippen LogP contribution in [0.3, 0.4) is 0 Å². The quantitative estimate of drug-likeness (QED) is 0.614. The molecule has 0 saturated carbocycles. The van der Waals surface area contributed by atoms with E-state index in [1.54, 1.807) is 4.52 Å². The Morgan fingerprint density at radius 1 is 0.955 bits per heavy atom. The van der Waals surface area contributed by atoms with Gasteiger partial charge in [0.15, 0.2) is 5.82 Å². The molecule has 0 saturated heterocycles. The monoisotopic (exact) mass is 290 g/mol. The fourth-order valence-corrected chi connectivity index (χ4v) is 2.42. The summed E-state index contributed by atoms with van der Waals surface area (Å²) in [7, 11) is 0. The van der Waals surface area contributed by atoms with Crippen LogP contribution in [0.2, 0.25) is 0 Å². The molecule has 0 aliphatic carbocycles. The number of fused-ring (bicyclic) bond motifs is 3. The number of hydrogen-bond donors (Lipinski definition) is 1. The van der Waals surface area contributed by atoms with Crippen LogP contribution in [0.25, 0.3) is 16.7 Å². The first-order valence-electron chi connectivity index (χ1n) is 7.03. The van der Waals surface area contributed by atoms with E-state index < -0.39 is 0 Å². The highest BCUT2D eigenvalue weighted by molar-refractivity contribution is 5.84. The van der Waals surface area contributed by atoms with Gasteiger partial charge in [0.2, 0.25) is 5.65 Å². The average molecular weight is 290 g/mol. The third kappa shape index (κ3) is 2.05. The number of nitrogens with one attached hydrogen (secondary N) is 1. The summed E-state index contributed by atoms with van der Waals surface area (Å²) in [5.74, 6) is 0.644. The molecule has 0 fully saturated rings. The number of hydrogen-bond acceptors (Lipinski definition) is 5. The lowest BCUT2D eigenvalue weighted by Crippen LogP contribution is -2.01. The minimum Gasteiger partial charge on any atom is -0.337 e. The van der Waals surface area contributed by atoms with E-state index in [0.717, 1.165) is 22.3 Å². The smallest absolute Gasteiger partial charge is 0.222 e. The van der Waals surface area contributed by atoms with Crippen LogP contribution in [0, 0.1) is 13.8 Å². The van der Waals surface area contributed by atoms with Crippen molar-refractivity contribution in [1.82, 2.24) is 25.0 Å². The SMILES string of the molecule is Cc1ccc(Nc2nc3ccc(C)cc3n3nnnc23)cc1. The van der Waals surface area contributed by atoms with Crippen LogP contribution in [0.15, 0.2) is 42.5 Å². The molecule has 22 heavy (non-hydrogen) atoms. The van der Waals surface area contributed by atoms with E-state index in [1.165, 1.54) is 5.56 Å². The number of aryl methyl sites for hydroxylation is 2. The molecule has 0 radical (unpaired) electrons. The Morgan fingerprint density at radius 2 is 1.73 bits per heavy atom. The van der Waals surface area contributed by atoms with Crippen molar-refractivity contribution >= 4 is 28.2 Å². The first kappa shape index (κ1) is 12.7. The highest BCUT2D eigenvalue weighted by atomic mass is 15.5. The zero-order chi connectivity index (χ0) is 15.1. The fraction of sp³-hybridized carbons (Fsp3) is 0.125. The molecule has 4 rings (SSSR count). The number of benzene rings is 2. The fourth-order valence-electron chi connectivity index (χ4n) is 2.42. The maximum atomic E-state index is 4.66. The molecular weight excluding hydrogens is 276 g/mol. The van der Waals surface area contributed by atoms with Gasteiger partial charge in [0.25, 0.3) is 0 Å². The van der Waals surface area contributed by atoms with Gasteiger partial charge < -0.3 is 5.32 Å². The Kier molecular flexibility index (Phi) is 2.75. The zero-order valence-corrected chi connectivity index (χ0v) is 12.3. The van der Waals surface area contributed by atoms with Gasteiger partial charge in [0, 0.05) is 5.69 Å². The number of rotatable bonds is 2. The maximum Gasteiger partial charge on any atom is 0.222 e. The molecular formula is C16H14N6. The lowest BCUT2D eigenvalue weighted by Gasteiger charge is -2.08. The van der Waals surface area contributed by atoms with E-state index in [1.807, 2.05) is 49.4 Å². The summed E-state index contributed by atoms with van der Waals surface area (Å²) in [5.41, 5.74) is 5.66. The second kappa shape index (κ2) is 4.77. The Labute approximate surface area is 126 Å². The van der Waals surface area contributed by atoms with Crippen LogP contribution >= 0.6 is 0 Å². The maximum absolute atomic E-state index is 4.66. The molecule has 2 heterocycles. The molecule has 0 atom stereocenters. The van der Waals surface area contributed by atoms with Crippen molar-refractivity contribution in [3.63, 3.8) is 0 Å². The molecule has 0 aliphatic rings. The van der Waals surface area contributed by atoms with Crippen molar-refractivity contribution in [2.24, 2.45) is 0 Å². The molecule has 1 N–H and O–H groups in total. The van der Waals surface area contributed by atoms with Crippen molar-refractivity contribution < 1.29 is 0 Å². The summed E-state index contributed by atoms with van der Waals surface area (Å²) in [4.78, 5) is 4.66. The minimum absolute atomic E-state index is 0.610. The lowest BCUT2D eigenvalue weighted by atomic mass is 10.2. The van der Waals surface area contributed by atoms with Crippen molar-refractivity contribution in [3.8, 4) is 0 Å². The largest absolute Gasteiger partial charge is 0.337 e. The van der Waals surface area contributed by atoms with Crippen molar-refractivity contribution in [3.05, 3.63) is 53.6 Å². The Balaban J connectivity index is 1.90. The van der Waals surface area contributed by atoms with E-state index in [9.17, 15) is 0 Å². The number of aromatic nitrogens is 5. The third-order valence-electron chi connectivity index (χ3n) is 3.59. The summed E-state index contributed by atoms with van der Waals surface area (Å²) in [6.45, 7) is 4.09. The Morgan fingerprint density at radius 3 is 2.55 bits per heavy atom. The normalized spacial score (nSPS) is 11.2. The molecule has 6 heteroatoms. The van der Waals surface area contributed by atoms with Crippen molar-refractivity contribution in [2.45, 2.75) is 13.8 Å². The van der Waals surface area contributed by atoms with E-state index in [4.69, 9.17) is 0 Å². The molecule has 108 valence electrons. The zero-order valence-electron chi connectivity index (χ0n) is 12.3. The number of nitrogens with zero attached hydrogens (tertiary/aromatic N) is 5. The van der Waals surface area contributed by atoms with Gasteiger partial charge in [0.05, 0.1) is 11.0 Å². The summed E-state index contributed by atoms with van der Waals surface area (Å²) in [6, 6.07) is 14.2. The molecule has 0 unspecified atom stereocenters. The second-order valence-corrected chi connectivity index (χ2v) is 5.36. The van der Waals surface area contributed by atoms with Crippen molar-refractivity contribution in [2.75, 3.05) is 5.32 Å². The van der Waals surface area contributed by atoms with E-state index in [-0.39, 0.29) is 0 Å². The summed E-state index contributed by atoms with van der Waals surface area (Å²) in [5, 5.41) is 15.2. The van der Waals surface area contributed by atoms with Crippen molar-refractivity contribution in [1.29, 1.82) is 0 Å². The topological polar surface area (TPSA) is 68.0 Å². The predicted molar refractivity (Wildman–Crippen MR) is 85.3 cm³/mol. The number of anilines is 2. The second-order valence-electron chi connectivity index (χ2n) is 5.36. The van der Waals surface area contributed by atoms with Crippen LogP contribution in [0.5, 0.6) is 0 Å². The van der Waals surface area contributed by atoms with Crippen LogP contribution in [-0.2, 0) is 0 Å².